The van der Waals surface area contributed by atoms with Crippen molar-refractivity contribution in [2.45, 2.75) is 0 Å². The molecule has 0 aliphatic carbocycles. The average molecular weight is 455 g/mol. The number of para-hydroxylation sites is 1. The first kappa shape index (κ1) is 19.2. The number of hydrogen-bond donors (Lipinski definition) is 1. The van der Waals surface area contributed by atoms with Gasteiger partial charge >= 0.3 is 0 Å². The summed E-state index contributed by atoms with van der Waals surface area (Å²) < 4.78 is 2.61. The topological polar surface area (TPSA) is 78.7 Å². The lowest BCUT2D eigenvalue weighted by atomic mass is 10.1. The highest BCUT2D eigenvalue weighted by atomic mass is 79.9. The van der Waals surface area contributed by atoms with Crippen molar-refractivity contribution in [2.75, 3.05) is 26.2 Å². The van der Waals surface area contributed by atoms with E-state index in [4.69, 9.17) is 0 Å². The zero-order chi connectivity index (χ0) is 20.4. The molecule has 2 amide bonds. The SMILES string of the molecule is O=C(c1ccc(-n2cc(Br)cn2)cc1)N1CCN(C(=O)c2ccccc2O)CC1. The van der Waals surface area contributed by atoms with Crippen molar-refractivity contribution < 1.29 is 14.7 Å². The van der Waals surface area contributed by atoms with Crippen LogP contribution in [0.2, 0.25) is 0 Å². The zero-order valence-corrected chi connectivity index (χ0v) is 17.1. The van der Waals surface area contributed by atoms with Crippen molar-refractivity contribution in [1.82, 2.24) is 19.6 Å². The smallest absolute Gasteiger partial charge is 0.257 e. The lowest BCUT2D eigenvalue weighted by molar-refractivity contribution is 0.0533. The Hall–Kier alpha value is -3.13. The van der Waals surface area contributed by atoms with E-state index >= 15 is 0 Å². The van der Waals surface area contributed by atoms with E-state index < -0.39 is 0 Å². The number of carbonyl (C=O) groups excluding carboxylic acids is 2. The number of rotatable bonds is 3. The molecule has 1 fully saturated rings. The van der Waals surface area contributed by atoms with Crippen LogP contribution in [0.3, 0.4) is 0 Å². The number of hydrogen-bond acceptors (Lipinski definition) is 4. The van der Waals surface area contributed by atoms with Gasteiger partial charge in [0.05, 0.1) is 21.9 Å². The summed E-state index contributed by atoms with van der Waals surface area (Å²) >= 11 is 3.37. The number of aromatic nitrogens is 2. The number of nitrogens with zero attached hydrogens (tertiary/aromatic N) is 4. The molecule has 29 heavy (non-hydrogen) atoms. The molecule has 0 atom stereocenters. The summed E-state index contributed by atoms with van der Waals surface area (Å²) in [4.78, 5) is 28.8. The molecule has 0 bridgehead atoms. The fourth-order valence-electron chi connectivity index (χ4n) is 3.32. The first-order valence-corrected chi connectivity index (χ1v) is 9.99. The van der Waals surface area contributed by atoms with E-state index in [0.29, 0.717) is 31.7 Å². The molecular formula is C21H19BrN4O3. The quantitative estimate of drug-likeness (QED) is 0.659. The number of benzene rings is 2. The molecule has 2 aromatic carbocycles. The molecule has 7 nitrogen and oxygen atoms in total. The van der Waals surface area contributed by atoms with Crippen LogP contribution < -0.4 is 0 Å². The molecule has 1 aliphatic rings. The lowest BCUT2D eigenvalue weighted by Gasteiger charge is -2.35. The van der Waals surface area contributed by atoms with E-state index in [1.807, 2.05) is 18.3 Å². The van der Waals surface area contributed by atoms with Crippen LogP contribution in [0.1, 0.15) is 20.7 Å². The van der Waals surface area contributed by atoms with Crippen LogP contribution in [0.4, 0.5) is 0 Å². The van der Waals surface area contributed by atoms with Gasteiger partial charge in [0.15, 0.2) is 0 Å². The molecule has 4 rings (SSSR count). The Kier molecular flexibility index (Phi) is 5.35. The number of piperazine rings is 1. The predicted octanol–water partition coefficient (Wildman–Crippen LogP) is 2.94. The molecule has 8 heteroatoms. The van der Waals surface area contributed by atoms with Crippen molar-refractivity contribution in [3.63, 3.8) is 0 Å². The Morgan fingerprint density at radius 2 is 1.52 bits per heavy atom. The van der Waals surface area contributed by atoms with Crippen molar-refractivity contribution in [1.29, 1.82) is 0 Å². The van der Waals surface area contributed by atoms with Crippen LogP contribution in [0.15, 0.2) is 65.4 Å². The minimum Gasteiger partial charge on any atom is -0.507 e. The van der Waals surface area contributed by atoms with Gasteiger partial charge in [-0.15, -0.1) is 0 Å². The second kappa shape index (κ2) is 8.08. The van der Waals surface area contributed by atoms with Crippen LogP contribution in [0, 0.1) is 0 Å². The Bertz CT molecular complexity index is 1040. The van der Waals surface area contributed by atoms with Gasteiger partial charge in [-0.05, 0) is 52.3 Å². The Labute approximate surface area is 176 Å². The summed E-state index contributed by atoms with van der Waals surface area (Å²) in [5, 5.41) is 14.1. The van der Waals surface area contributed by atoms with Crippen molar-refractivity contribution in [3.05, 3.63) is 76.5 Å². The lowest BCUT2D eigenvalue weighted by Crippen LogP contribution is -2.50. The van der Waals surface area contributed by atoms with Crippen molar-refractivity contribution >= 4 is 27.7 Å². The molecule has 1 N–H and O–H groups in total. The van der Waals surface area contributed by atoms with Crippen LogP contribution >= 0.6 is 15.9 Å². The highest BCUT2D eigenvalue weighted by Crippen LogP contribution is 2.20. The Morgan fingerprint density at radius 1 is 0.897 bits per heavy atom. The maximum absolute atomic E-state index is 12.8. The highest BCUT2D eigenvalue weighted by molar-refractivity contribution is 9.10. The first-order chi connectivity index (χ1) is 14.0. The van der Waals surface area contributed by atoms with Crippen molar-refractivity contribution in [2.24, 2.45) is 0 Å². The largest absolute Gasteiger partial charge is 0.507 e. The third kappa shape index (κ3) is 4.02. The average Bonchev–Trinajstić information content (AvgIpc) is 3.20. The Balaban J connectivity index is 1.39. The number of halogens is 1. The van der Waals surface area contributed by atoms with E-state index in [1.165, 1.54) is 6.07 Å². The molecule has 0 spiro atoms. The zero-order valence-electron chi connectivity index (χ0n) is 15.5. The minimum absolute atomic E-state index is 0.0275. The standard InChI is InChI=1S/C21H19BrN4O3/c22-16-13-23-26(14-16)17-7-5-15(6-8-17)20(28)24-9-11-25(12-10-24)21(29)18-3-1-2-4-19(18)27/h1-8,13-14,27H,9-12H2. The third-order valence-electron chi connectivity index (χ3n) is 4.92. The summed E-state index contributed by atoms with van der Waals surface area (Å²) in [6.07, 6.45) is 3.55. The van der Waals surface area contributed by atoms with Gasteiger partial charge in [-0.2, -0.15) is 5.10 Å². The number of phenols is 1. The van der Waals surface area contributed by atoms with E-state index in [2.05, 4.69) is 21.0 Å². The van der Waals surface area contributed by atoms with Crippen molar-refractivity contribution in [3.8, 4) is 11.4 Å². The van der Waals surface area contributed by atoms with Crippen LogP contribution in [0.5, 0.6) is 5.75 Å². The number of carbonyl (C=O) groups is 2. The molecule has 1 saturated heterocycles. The highest BCUT2D eigenvalue weighted by Gasteiger charge is 2.26. The monoisotopic (exact) mass is 454 g/mol. The van der Waals surface area contributed by atoms with Crippen LogP contribution in [0.25, 0.3) is 5.69 Å². The van der Waals surface area contributed by atoms with Gasteiger partial charge in [0, 0.05) is 37.9 Å². The summed E-state index contributed by atoms with van der Waals surface area (Å²) in [7, 11) is 0. The molecule has 148 valence electrons. The molecule has 0 radical (unpaired) electrons. The molecule has 1 aromatic heterocycles. The van der Waals surface area contributed by atoms with Gasteiger partial charge < -0.3 is 14.9 Å². The summed E-state index contributed by atoms with van der Waals surface area (Å²) in [5.74, 6) is -0.307. The molecule has 3 aromatic rings. The maximum atomic E-state index is 12.8. The van der Waals surface area contributed by atoms with Gasteiger partial charge in [0.1, 0.15) is 5.75 Å². The Morgan fingerprint density at radius 3 is 2.10 bits per heavy atom. The van der Waals surface area contributed by atoms with Gasteiger partial charge in [-0.1, -0.05) is 12.1 Å². The molecule has 2 heterocycles. The minimum atomic E-state index is -0.218. The van der Waals surface area contributed by atoms with Crippen LogP contribution in [-0.4, -0.2) is 62.7 Å². The van der Waals surface area contributed by atoms with E-state index in [0.717, 1.165) is 10.2 Å². The van der Waals surface area contributed by atoms with Gasteiger partial charge in [0.25, 0.3) is 11.8 Å². The third-order valence-corrected chi connectivity index (χ3v) is 5.33. The number of amides is 2. The predicted molar refractivity (Wildman–Crippen MR) is 111 cm³/mol. The number of aromatic hydroxyl groups is 1. The summed E-state index contributed by atoms with van der Waals surface area (Å²) in [6, 6.07) is 13.8. The molecular weight excluding hydrogens is 436 g/mol. The van der Waals surface area contributed by atoms with E-state index in [1.54, 1.807) is 51.0 Å². The second-order valence-electron chi connectivity index (χ2n) is 6.75. The maximum Gasteiger partial charge on any atom is 0.257 e. The van der Waals surface area contributed by atoms with Gasteiger partial charge in [-0.3, -0.25) is 9.59 Å². The van der Waals surface area contributed by atoms with E-state index in [-0.39, 0.29) is 23.1 Å². The van der Waals surface area contributed by atoms with Crippen LogP contribution in [-0.2, 0) is 0 Å². The fourth-order valence-corrected chi connectivity index (χ4v) is 3.60. The normalized spacial score (nSPS) is 14.1. The first-order valence-electron chi connectivity index (χ1n) is 9.20. The summed E-state index contributed by atoms with van der Waals surface area (Å²) in [5.41, 5.74) is 1.75. The molecule has 0 unspecified atom stereocenters. The summed E-state index contributed by atoms with van der Waals surface area (Å²) in [6.45, 7) is 1.76. The van der Waals surface area contributed by atoms with Gasteiger partial charge in [0.2, 0.25) is 0 Å². The number of phenolic OH excluding ortho intramolecular Hbond substituents is 1. The van der Waals surface area contributed by atoms with E-state index in [9.17, 15) is 14.7 Å². The van der Waals surface area contributed by atoms with Gasteiger partial charge in [-0.25, -0.2) is 4.68 Å². The second-order valence-corrected chi connectivity index (χ2v) is 7.67. The molecule has 0 saturated carbocycles. The molecule has 1 aliphatic heterocycles. The fraction of sp³-hybridized carbons (Fsp3) is 0.190.